The van der Waals surface area contributed by atoms with E-state index < -0.39 is 0 Å². The van der Waals surface area contributed by atoms with Crippen LogP contribution in [0.25, 0.3) is 0 Å². The maximum atomic E-state index is 5.56. The van der Waals surface area contributed by atoms with Crippen LogP contribution in [0, 0.1) is 0 Å². The first-order valence-corrected chi connectivity index (χ1v) is 5.31. The maximum Gasteiger partial charge on any atom is 0.122 e. The van der Waals surface area contributed by atoms with E-state index in [1.807, 2.05) is 18.2 Å². The SMILES string of the molecule is C=CCc1cc(OC)c(CCN)cc1OC. The molecule has 0 saturated heterocycles. The van der Waals surface area contributed by atoms with E-state index in [1.54, 1.807) is 14.2 Å². The lowest BCUT2D eigenvalue weighted by Crippen LogP contribution is -2.05. The summed E-state index contributed by atoms with van der Waals surface area (Å²) in [5.41, 5.74) is 7.72. The number of hydrogen-bond donors (Lipinski definition) is 1. The summed E-state index contributed by atoms with van der Waals surface area (Å²) >= 11 is 0. The summed E-state index contributed by atoms with van der Waals surface area (Å²) in [7, 11) is 3.33. The Balaban J connectivity index is 3.16. The van der Waals surface area contributed by atoms with Crippen molar-refractivity contribution in [1.82, 2.24) is 0 Å². The van der Waals surface area contributed by atoms with Gasteiger partial charge < -0.3 is 15.2 Å². The number of benzene rings is 1. The van der Waals surface area contributed by atoms with Gasteiger partial charge in [0, 0.05) is 5.56 Å². The molecular formula is C13H19NO2. The van der Waals surface area contributed by atoms with E-state index in [0.29, 0.717) is 6.54 Å². The van der Waals surface area contributed by atoms with Crippen molar-refractivity contribution in [1.29, 1.82) is 0 Å². The van der Waals surface area contributed by atoms with Crippen LogP contribution in [0.3, 0.4) is 0 Å². The third-order valence-corrected chi connectivity index (χ3v) is 2.46. The van der Waals surface area contributed by atoms with E-state index in [-0.39, 0.29) is 0 Å². The summed E-state index contributed by atoms with van der Waals surface area (Å²) in [5.74, 6) is 1.73. The molecule has 0 saturated carbocycles. The largest absolute Gasteiger partial charge is 0.496 e. The third kappa shape index (κ3) is 2.76. The summed E-state index contributed by atoms with van der Waals surface area (Å²) in [4.78, 5) is 0. The van der Waals surface area contributed by atoms with Crippen LogP contribution >= 0.6 is 0 Å². The smallest absolute Gasteiger partial charge is 0.122 e. The summed E-state index contributed by atoms with van der Waals surface area (Å²) in [5, 5.41) is 0. The Morgan fingerprint density at radius 1 is 1.19 bits per heavy atom. The van der Waals surface area contributed by atoms with Gasteiger partial charge in [0.05, 0.1) is 14.2 Å². The molecule has 3 nitrogen and oxygen atoms in total. The zero-order chi connectivity index (χ0) is 12.0. The van der Waals surface area contributed by atoms with Gasteiger partial charge in [0.1, 0.15) is 11.5 Å². The Labute approximate surface area is 96.9 Å². The monoisotopic (exact) mass is 221 g/mol. The molecule has 0 atom stereocenters. The highest BCUT2D eigenvalue weighted by Gasteiger charge is 2.09. The molecule has 0 bridgehead atoms. The van der Waals surface area contributed by atoms with Crippen molar-refractivity contribution >= 4 is 0 Å². The predicted molar refractivity (Wildman–Crippen MR) is 66.2 cm³/mol. The zero-order valence-electron chi connectivity index (χ0n) is 9.95. The first-order chi connectivity index (χ1) is 7.76. The van der Waals surface area contributed by atoms with E-state index in [9.17, 15) is 0 Å². The molecular weight excluding hydrogens is 202 g/mol. The number of nitrogens with two attached hydrogens (primary N) is 1. The minimum Gasteiger partial charge on any atom is -0.496 e. The average Bonchev–Trinajstić information content (AvgIpc) is 2.31. The Morgan fingerprint density at radius 3 is 2.25 bits per heavy atom. The fourth-order valence-corrected chi connectivity index (χ4v) is 1.69. The van der Waals surface area contributed by atoms with Crippen LogP contribution in [0.4, 0.5) is 0 Å². The molecule has 0 aromatic heterocycles. The molecule has 0 radical (unpaired) electrons. The predicted octanol–water partition coefficient (Wildman–Crippen LogP) is 1.93. The van der Waals surface area contributed by atoms with Crippen molar-refractivity contribution in [3.8, 4) is 11.5 Å². The highest BCUT2D eigenvalue weighted by Crippen LogP contribution is 2.29. The summed E-state index contributed by atoms with van der Waals surface area (Å²) in [6.45, 7) is 4.33. The van der Waals surface area contributed by atoms with Crippen molar-refractivity contribution in [3.05, 3.63) is 35.9 Å². The van der Waals surface area contributed by atoms with Crippen LogP contribution < -0.4 is 15.2 Å². The molecule has 0 aliphatic heterocycles. The van der Waals surface area contributed by atoms with Crippen LogP contribution in [0.15, 0.2) is 24.8 Å². The normalized spacial score (nSPS) is 9.94. The number of hydrogen-bond acceptors (Lipinski definition) is 3. The molecule has 0 aliphatic rings. The second kappa shape index (κ2) is 6.18. The number of rotatable bonds is 6. The third-order valence-electron chi connectivity index (χ3n) is 2.46. The van der Waals surface area contributed by atoms with Crippen molar-refractivity contribution in [3.63, 3.8) is 0 Å². The van der Waals surface area contributed by atoms with Gasteiger partial charge in [-0.1, -0.05) is 6.08 Å². The standard InChI is InChI=1S/C13H19NO2/c1-4-5-10-8-13(16-3)11(6-7-14)9-12(10)15-2/h4,8-9H,1,5-7,14H2,2-3H3. The van der Waals surface area contributed by atoms with Gasteiger partial charge in [-0.3, -0.25) is 0 Å². The van der Waals surface area contributed by atoms with E-state index in [1.165, 1.54) is 0 Å². The zero-order valence-corrected chi connectivity index (χ0v) is 9.95. The Hall–Kier alpha value is -1.48. The van der Waals surface area contributed by atoms with Crippen molar-refractivity contribution < 1.29 is 9.47 Å². The van der Waals surface area contributed by atoms with Crippen LogP contribution in [0.2, 0.25) is 0 Å². The molecule has 16 heavy (non-hydrogen) atoms. The van der Waals surface area contributed by atoms with Gasteiger partial charge in [-0.2, -0.15) is 0 Å². The average molecular weight is 221 g/mol. The molecule has 88 valence electrons. The molecule has 0 fully saturated rings. The van der Waals surface area contributed by atoms with Gasteiger partial charge in [-0.15, -0.1) is 6.58 Å². The van der Waals surface area contributed by atoms with Gasteiger partial charge >= 0.3 is 0 Å². The van der Waals surface area contributed by atoms with E-state index in [0.717, 1.165) is 35.5 Å². The maximum absolute atomic E-state index is 5.56. The van der Waals surface area contributed by atoms with Gasteiger partial charge in [0.15, 0.2) is 0 Å². The molecule has 0 amide bonds. The lowest BCUT2D eigenvalue weighted by atomic mass is 10.0. The van der Waals surface area contributed by atoms with Gasteiger partial charge in [0.25, 0.3) is 0 Å². The quantitative estimate of drug-likeness (QED) is 0.746. The van der Waals surface area contributed by atoms with Crippen LogP contribution in [0.5, 0.6) is 11.5 Å². The summed E-state index contributed by atoms with van der Waals surface area (Å²) in [6.07, 6.45) is 3.40. The van der Waals surface area contributed by atoms with Crippen molar-refractivity contribution in [2.75, 3.05) is 20.8 Å². The minimum atomic E-state index is 0.598. The number of methoxy groups -OCH3 is 2. The Bertz CT molecular complexity index is 361. The van der Waals surface area contributed by atoms with Crippen molar-refractivity contribution in [2.45, 2.75) is 12.8 Å². The lowest BCUT2D eigenvalue weighted by molar-refractivity contribution is 0.395. The summed E-state index contributed by atoms with van der Waals surface area (Å²) < 4.78 is 10.7. The molecule has 2 N–H and O–H groups in total. The van der Waals surface area contributed by atoms with Crippen LogP contribution in [0.1, 0.15) is 11.1 Å². The number of ether oxygens (including phenoxy) is 2. The molecule has 3 heteroatoms. The molecule has 0 aliphatic carbocycles. The van der Waals surface area contributed by atoms with Crippen LogP contribution in [-0.2, 0) is 12.8 Å². The first-order valence-electron chi connectivity index (χ1n) is 5.31. The lowest BCUT2D eigenvalue weighted by Gasteiger charge is -2.13. The Morgan fingerprint density at radius 2 is 1.75 bits per heavy atom. The molecule has 0 spiro atoms. The second-order valence-corrected chi connectivity index (χ2v) is 3.51. The second-order valence-electron chi connectivity index (χ2n) is 3.51. The highest BCUT2D eigenvalue weighted by molar-refractivity contribution is 5.47. The van der Waals surface area contributed by atoms with Gasteiger partial charge in [-0.25, -0.2) is 0 Å². The number of allylic oxidation sites excluding steroid dienone is 1. The summed E-state index contributed by atoms with van der Waals surface area (Å²) in [6, 6.07) is 3.98. The first kappa shape index (κ1) is 12.6. The van der Waals surface area contributed by atoms with E-state index in [4.69, 9.17) is 15.2 Å². The minimum absolute atomic E-state index is 0.598. The van der Waals surface area contributed by atoms with E-state index >= 15 is 0 Å². The fraction of sp³-hybridized carbons (Fsp3) is 0.385. The fourth-order valence-electron chi connectivity index (χ4n) is 1.69. The van der Waals surface area contributed by atoms with Gasteiger partial charge in [-0.05, 0) is 37.1 Å². The molecule has 0 unspecified atom stereocenters. The molecule has 1 aromatic rings. The van der Waals surface area contributed by atoms with Gasteiger partial charge in [0.2, 0.25) is 0 Å². The van der Waals surface area contributed by atoms with Crippen LogP contribution in [-0.4, -0.2) is 20.8 Å². The topological polar surface area (TPSA) is 44.5 Å². The molecule has 1 aromatic carbocycles. The molecule has 1 rings (SSSR count). The van der Waals surface area contributed by atoms with Crippen molar-refractivity contribution in [2.24, 2.45) is 5.73 Å². The molecule has 0 heterocycles. The van der Waals surface area contributed by atoms with E-state index in [2.05, 4.69) is 6.58 Å². The highest BCUT2D eigenvalue weighted by atomic mass is 16.5. The Kier molecular flexibility index (Phi) is 4.86.